The zero-order valence-corrected chi connectivity index (χ0v) is 45.6. The molecule has 402 valence electrons. The molecular weight excluding hydrogens is 937 g/mol. The Kier molecular flexibility index (Phi) is 17.1. The summed E-state index contributed by atoms with van der Waals surface area (Å²) in [5.41, 5.74) is 9.86. The van der Waals surface area contributed by atoms with Crippen LogP contribution in [0.3, 0.4) is 0 Å². The van der Waals surface area contributed by atoms with Gasteiger partial charge in [-0.25, -0.2) is 10.2 Å². The maximum atomic E-state index is 14.9. The number of likely N-dealkylation sites (N-methyl/N-ethyl adjacent to an activating group) is 1. The molecule has 0 saturated carbocycles. The third-order valence-corrected chi connectivity index (χ3v) is 16.3. The van der Waals surface area contributed by atoms with Crippen molar-refractivity contribution >= 4 is 46.2 Å². The number of carbonyl (C=O) groups excluding carboxylic acids is 5. The van der Waals surface area contributed by atoms with Crippen molar-refractivity contribution in [2.24, 2.45) is 11.3 Å². The van der Waals surface area contributed by atoms with Crippen molar-refractivity contribution in [3.63, 3.8) is 0 Å². The second-order valence-electron chi connectivity index (χ2n) is 22.4. The van der Waals surface area contributed by atoms with E-state index < -0.39 is 35.4 Å². The van der Waals surface area contributed by atoms with Crippen LogP contribution in [0.1, 0.15) is 110 Å². The number of likely N-dealkylation sites (tertiary alicyclic amines) is 1. The van der Waals surface area contributed by atoms with Gasteiger partial charge in [0.2, 0.25) is 11.8 Å². The molecule has 5 atom stereocenters. The van der Waals surface area contributed by atoms with Gasteiger partial charge >= 0.3 is 12.0 Å². The molecule has 1 aromatic carbocycles. The zero-order chi connectivity index (χ0) is 53.1. The molecule has 2 aromatic heterocycles. The molecule has 17 nitrogen and oxygen atoms in total. The summed E-state index contributed by atoms with van der Waals surface area (Å²) in [6.07, 6.45) is 10.0. The first kappa shape index (κ1) is 54.6. The number of pyridine rings is 1. The van der Waals surface area contributed by atoms with Crippen molar-refractivity contribution < 1.29 is 33.4 Å². The first-order valence-electron chi connectivity index (χ1n) is 27.2. The third kappa shape index (κ3) is 11.3. The molecule has 74 heavy (non-hydrogen) atoms. The number of fused-ring (bicyclic) bond motifs is 6. The van der Waals surface area contributed by atoms with Gasteiger partial charge < -0.3 is 34.1 Å². The normalized spacial score (nSPS) is 23.5. The number of piperidine rings is 1. The summed E-state index contributed by atoms with van der Waals surface area (Å²) in [6, 6.07) is 7.88. The smallest absolute Gasteiger partial charge is 0.324 e. The highest BCUT2D eigenvalue weighted by Crippen LogP contribution is 2.42. The average Bonchev–Trinajstić information content (AvgIpc) is 3.70. The highest BCUT2D eigenvalue weighted by Gasteiger charge is 2.46. The molecule has 17 heteroatoms. The number of hydrogen-bond acceptors (Lipinski definition) is 11. The number of nitrogens with one attached hydrogen (secondary N) is 2. The summed E-state index contributed by atoms with van der Waals surface area (Å²) in [5.74, 6) is -1.56. The number of cyclic esters (lactones) is 1. The Morgan fingerprint density at radius 1 is 1.04 bits per heavy atom. The number of esters is 1. The minimum atomic E-state index is -1.00. The van der Waals surface area contributed by atoms with Crippen LogP contribution in [0.25, 0.3) is 27.7 Å². The van der Waals surface area contributed by atoms with Crippen molar-refractivity contribution in [3.8, 4) is 11.3 Å². The van der Waals surface area contributed by atoms with Crippen LogP contribution in [-0.4, -0.2) is 179 Å². The summed E-state index contributed by atoms with van der Waals surface area (Å²) >= 11 is 0. The summed E-state index contributed by atoms with van der Waals surface area (Å²) in [5, 5.41) is 5.77. The number of hydrazine groups is 1. The van der Waals surface area contributed by atoms with Gasteiger partial charge in [0.15, 0.2) is 0 Å². The number of benzene rings is 1. The van der Waals surface area contributed by atoms with Crippen LogP contribution in [0.15, 0.2) is 55.3 Å². The van der Waals surface area contributed by atoms with Gasteiger partial charge in [-0.05, 0) is 118 Å². The van der Waals surface area contributed by atoms with E-state index in [1.165, 1.54) is 16.0 Å². The SMILES string of the molecule is C=CC(=O)N1CCN(CCC)C2(CCN(C(=O)N(C)[C@H](C(=O)N[C@H]3CN4CCC=C(C4)c4ccc5c(c4)c(c(-c4cccnc4[C@H](C)OC)n5CC)CC(C)(C)COC(=O)[C@@H]4CCCN(N4)C3=O)C(C)C)CC2)C1. The largest absolute Gasteiger partial charge is 0.464 e. The molecule has 5 aliphatic heterocycles. The molecule has 6 bridgehead atoms. The van der Waals surface area contributed by atoms with E-state index in [1.54, 1.807) is 14.2 Å². The average molecular weight is 1020 g/mol. The predicted octanol–water partition coefficient (Wildman–Crippen LogP) is 6.28. The van der Waals surface area contributed by atoms with E-state index in [-0.39, 0.29) is 48.6 Å². The Bertz CT molecular complexity index is 2600. The number of rotatable bonds is 11. The van der Waals surface area contributed by atoms with Crippen LogP contribution >= 0.6 is 0 Å². The van der Waals surface area contributed by atoms with Crippen LogP contribution in [0.4, 0.5) is 4.79 Å². The van der Waals surface area contributed by atoms with E-state index >= 15 is 0 Å². The Labute approximate surface area is 438 Å². The highest BCUT2D eigenvalue weighted by atomic mass is 16.5. The number of urea groups is 1. The Balaban J connectivity index is 1.08. The fourth-order valence-corrected chi connectivity index (χ4v) is 12.4. The lowest BCUT2D eigenvalue weighted by Crippen LogP contribution is -2.67. The molecular formula is C57H82N10O7. The lowest BCUT2D eigenvalue weighted by Gasteiger charge is -2.54. The van der Waals surface area contributed by atoms with Gasteiger partial charge in [0.1, 0.15) is 18.1 Å². The van der Waals surface area contributed by atoms with Gasteiger partial charge in [-0.3, -0.25) is 39.0 Å². The molecule has 1 spiro atoms. The molecule has 3 fully saturated rings. The minimum Gasteiger partial charge on any atom is -0.464 e. The monoisotopic (exact) mass is 1020 g/mol. The molecule has 5 amide bonds. The van der Waals surface area contributed by atoms with E-state index in [2.05, 4.69) is 89.7 Å². The van der Waals surface area contributed by atoms with Crippen molar-refractivity contribution in [2.75, 3.05) is 86.2 Å². The van der Waals surface area contributed by atoms with E-state index in [1.807, 2.05) is 42.8 Å². The molecule has 0 radical (unpaired) electrons. The van der Waals surface area contributed by atoms with Crippen molar-refractivity contribution in [2.45, 2.75) is 130 Å². The lowest BCUT2D eigenvalue weighted by molar-refractivity contribution is -0.155. The van der Waals surface area contributed by atoms with Crippen LogP contribution in [0, 0.1) is 11.3 Å². The summed E-state index contributed by atoms with van der Waals surface area (Å²) in [4.78, 5) is 85.9. The number of piperazine rings is 1. The Morgan fingerprint density at radius 2 is 1.81 bits per heavy atom. The van der Waals surface area contributed by atoms with Crippen molar-refractivity contribution in [1.82, 2.24) is 49.8 Å². The molecule has 2 N–H and O–H groups in total. The van der Waals surface area contributed by atoms with Crippen LogP contribution in [-0.2, 0) is 41.6 Å². The summed E-state index contributed by atoms with van der Waals surface area (Å²) in [7, 11) is 3.38. The van der Waals surface area contributed by atoms with Crippen LogP contribution in [0.5, 0.6) is 0 Å². The lowest BCUT2D eigenvalue weighted by atomic mass is 9.83. The molecule has 3 saturated heterocycles. The predicted molar refractivity (Wildman–Crippen MR) is 288 cm³/mol. The standard InChI is InChI=1S/C57H82N10O7/c1-11-25-65-31-30-64(48(68)12-2)36-57(65)22-28-63(29-23-57)55(72)61(9)50(38(4)5)52(69)59-46-35-62-26-15-17-41(34-62)40-20-21-47-43(32-40)44(51(66(47)13-3)42-18-14-24-58-49(42)39(6)73-10)33-56(7,8)37-74-54(71)45-19-16-27-67(60-45)53(46)70/h12,14,17-18,20-21,24,32,38-39,45-46,50,60H,2,11,13,15-16,19,22-23,25-31,33-37H2,1,3-10H3,(H,59,69)/t39-,45-,46-,50-/m0/s1. The third-order valence-electron chi connectivity index (χ3n) is 16.3. The van der Waals surface area contributed by atoms with E-state index in [9.17, 15) is 24.0 Å². The van der Waals surface area contributed by atoms with Crippen LogP contribution in [0.2, 0.25) is 0 Å². The maximum Gasteiger partial charge on any atom is 0.324 e. The quantitative estimate of drug-likeness (QED) is 0.164. The fourth-order valence-electron chi connectivity index (χ4n) is 12.4. The van der Waals surface area contributed by atoms with Crippen molar-refractivity contribution in [3.05, 3.63) is 72.1 Å². The van der Waals surface area contributed by atoms with Gasteiger partial charge in [-0.1, -0.05) is 53.3 Å². The van der Waals surface area contributed by atoms with Gasteiger partial charge in [0.05, 0.1) is 24.1 Å². The Hall–Kier alpha value is -5.62. The van der Waals surface area contributed by atoms with Crippen LogP contribution < -0.4 is 10.7 Å². The second kappa shape index (κ2) is 23.1. The van der Waals surface area contributed by atoms with Crippen molar-refractivity contribution in [1.29, 1.82) is 0 Å². The minimum absolute atomic E-state index is 0.0707. The van der Waals surface area contributed by atoms with E-state index in [4.69, 9.17) is 14.5 Å². The first-order valence-corrected chi connectivity index (χ1v) is 27.2. The summed E-state index contributed by atoms with van der Waals surface area (Å²) < 4.78 is 14.4. The van der Waals surface area contributed by atoms with E-state index in [0.717, 1.165) is 77.0 Å². The maximum absolute atomic E-state index is 14.9. The zero-order valence-electron chi connectivity index (χ0n) is 45.6. The summed E-state index contributed by atoms with van der Waals surface area (Å²) in [6.45, 7) is 24.7. The molecule has 3 aromatic rings. The number of carbonyl (C=O) groups is 5. The Morgan fingerprint density at radius 3 is 2.51 bits per heavy atom. The molecule has 8 rings (SSSR count). The molecule has 5 aliphatic rings. The highest BCUT2D eigenvalue weighted by molar-refractivity contribution is 5.95. The fraction of sp³-hybridized carbons (Fsp3) is 0.614. The van der Waals surface area contributed by atoms with Gasteiger partial charge in [-0.15, -0.1) is 0 Å². The molecule has 7 heterocycles. The number of hydrogen-bond donors (Lipinski definition) is 2. The second-order valence-corrected chi connectivity index (χ2v) is 22.4. The first-order chi connectivity index (χ1) is 35.4. The molecule has 0 aliphatic carbocycles. The number of ether oxygens (including phenoxy) is 2. The number of amides is 5. The van der Waals surface area contributed by atoms with Gasteiger partial charge in [0.25, 0.3) is 5.91 Å². The number of aryl methyl sites for hydroxylation is 1. The van der Waals surface area contributed by atoms with Gasteiger partial charge in [0, 0.05) is 113 Å². The molecule has 1 unspecified atom stereocenters. The number of methoxy groups -OCH3 is 1. The topological polar surface area (TPSA) is 165 Å². The van der Waals surface area contributed by atoms with E-state index in [0.29, 0.717) is 77.9 Å². The number of nitrogens with zero attached hydrogens (tertiary/aromatic N) is 8. The number of aromatic nitrogens is 2. The van der Waals surface area contributed by atoms with Gasteiger partial charge in [-0.2, -0.15) is 0 Å².